The van der Waals surface area contributed by atoms with E-state index in [1.807, 2.05) is 13.0 Å². The summed E-state index contributed by atoms with van der Waals surface area (Å²) in [5.41, 5.74) is 2.63. The smallest absolute Gasteiger partial charge is 0.128 e. The average Bonchev–Trinajstić information content (AvgIpc) is 2.38. The van der Waals surface area contributed by atoms with Gasteiger partial charge in [0.25, 0.3) is 0 Å². The first kappa shape index (κ1) is 16.0. The van der Waals surface area contributed by atoms with Crippen molar-refractivity contribution in [3.8, 4) is 5.75 Å². The molecule has 1 aromatic carbocycles. The van der Waals surface area contributed by atoms with Gasteiger partial charge < -0.3 is 14.6 Å². The van der Waals surface area contributed by atoms with Gasteiger partial charge in [-0.1, -0.05) is 29.4 Å². The lowest BCUT2D eigenvalue weighted by Crippen LogP contribution is -2.23. The summed E-state index contributed by atoms with van der Waals surface area (Å²) < 4.78 is 5.48. The van der Waals surface area contributed by atoms with Crippen molar-refractivity contribution < 1.29 is 14.6 Å². The number of carbonyl (C=O) groups is 1. The number of hydrogen-bond acceptors (Lipinski definition) is 3. The third-order valence-corrected chi connectivity index (χ3v) is 2.87. The molecule has 108 valence electrons. The number of rotatable bonds is 7. The molecule has 0 atom stereocenters. The first-order valence-corrected chi connectivity index (χ1v) is 6.73. The van der Waals surface area contributed by atoms with Crippen LogP contribution >= 0.6 is 0 Å². The molecule has 0 saturated carbocycles. The highest BCUT2D eigenvalue weighted by Gasteiger charge is 2.02. The van der Waals surface area contributed by atoms with E-state index in [0.717, 1.165) is 12.8 Å². The normalized spacial score (nSPS) is 11.1. The fraction of sp³-hybridized carbons (Fsp3) is 0.353. The molecule has 0 N–H and O–H groups in total. The molecule has 3 heteroatoms. The monoisotopic (exact) mass is 273 g/mol. The van der Waals surface area contributed by atoms with Crippen LogP contribution in [0.3, 0.4) is 0 Å². The number of carboxylic acids is 1. The zero-order chi connectivity index (χ0) is 15.0. The van der Waals surface area contributed by atoms with Gasteiger partial charge in [0, 0.05) is 5.56 Å². The number of hydrogen-bond donors (Lipinski definition) is 0. The molecule has 0 heterocycles. The zero-order valence-electron chi connectivity index (χ0n) is 12.3. The number of para-hydroxylation sites is 1. The van der Waals surface area contributed by atoms with E-state index in [2.05, 4.69) is 19.9 Å². The molecule has 0 aliphatic heterocycles. The molecule has 0 amide bonds. The SMILES string of the molecule is CC(C)=CCC/C(C)=C/COc1ccccc1C(=O)[O-]. The lowest BCUT2D eigenvalue weighted by atomic mass is 10.1. The maximum Gasteiger partial charge on any atom is 0.128 e. The molecule has 0 spiro atoms. The second-order valence-electron chi connectivity index (χ2n) is 4.97. The van der Waals surface area contributed by atoms with Crippen LogP contribution in [-0.4, -0.2) is 12.6 Å². The van der Waals surface area contributed by atoms with Crippen LogP contribution < -0.4 is 9.84 Å². The van der Waals surface area contributed by atoms with Gasteiger partial charge in [-0.3, -0.25) is 0 Å². The quantitative estimate of drug-likeness (QED) is 0.717. The molecule has 0 radical (unpaired) electrons. The highest BCUT2D eigenvalue weighted by molar-refractivity contribution is 5.89. The summed E-state index contributed by atoms with van der Waals surface area (Å²) in [5.74, 6) is -0.870. The van der Waals surface area contributed by atoms with Gasteiger partial charge in [-0.25, -0.2) is 0 Å². The van der Waals surface area contributed by atoms with Crippen molar-refractivity contribution in [2.75, 3.05) is 6.61 Å². The maximum absolute atomic E-state index is 10.9. The van der Waals surface area contributed by atoms with Gasteiger partial charge in [0.2, 0.25) is 0 Å². The summed E-state index contributed by atoms with van der Waals surface area (Å²) in [6, 6.07) is 6.51. The highest BCUT2D eigenvalue weighted by Crippen LogP contribution is 2.17. The van der Waals surface area contributed by atoms with Crippen molar-refractivity contribution >= 4 is 5.97 Å². The molecule has 0 aromatic heterocycles. The molecule has 0 bridgehead atoms. The van der Waals surface area contributed by atoms with Gasteiger partial charge in [0.1, 0.15) is 12.4 Å². The molecule has 0 saturated heterocycles. The predicted molar refractivity (Wildman–Crippen MR) is 78.7 cm³/mol. The Kier molecular flexibility index (Phi) is 6.57. The van der Waals surface area contributed by atoms with E-state index in [1.165, 1.54) is 17.2 Å². The summed E-state index contributed by atoms with van der Waals surface area (Å²) >= 11 is 0. The van der Waals surface area contributed by atoms with Crippen LogP contribution in [0.15, 0.2) is 47.6 Å². The molecule has 3 nitrogen and oxygen atoms in total. The summed E-state index contributed by atoms with van der Waals surface area (Å²) in [7, 11) is 0. The first-order valence-electron chi connectivity index (χ1n) is 6.73. The van der Waals surface area contributed by atoms with E-state index in [1.54, 1.807) is 18.2 Å². The van der Waals surface area contributed by atoms with Crippen molar-refractivity contribution in [2.24, 2.45) is 0 Å². The Balaban J connectivity index is 2.51. The van der Waals surface area contributed by atoms with Crippen LogP contribution in [0, 0.1) is 0 Å². The highest BCUT2D eigenvalue weighted by atomic mass is 16.5. The molecule has 1 rings (SSSR count). The Morgan fingerprint density at radius 2 is 1.90 bits per heavy atom. The van der Waals surface area contributed by atoms with E-state index >= 15 is 0 Å². The lowest BCUT2D eigenvalue weighted by Gasteiger charge is -2.10. The number of ether oxygens (including phenoxy) is 1. The standard InChI is InChI=1S/C17H22O3/c1-13(2)7-6-8-14(3)11-12-20-16-10-5-4-9-15(16)17(18)19/h4-5,7,9-11H,6,8,12H2,1-3H3,(H,18,19)/p-1/b14-11+. The Morgan fingerprint density at radius 3 is 2.55 bits per heavy atom. The van der Waals surface area contributed by atoms with Crippen molar-refractivity contribution in [1.29, 1.82) is 0 Å². The second kappa shape index (κ2) is 8.20. The minimum atomic E-state index is -1.22. The predicted octanol–water partition coefficient (Wildman–Crippen LogP) is 3.12. The molecule has 0 unspecified atom stereocenters. The van der Waals surface area contributed by atoms with Crippen molar-refractivity contribution in [3.63, 3.8) is 0 Å². The van der Waals surface area contributed by atoms with Gasteiger partial charge in [-0.05, 0) is 51.8 Å². The van der Waals surface area contributed by atoms with E-state index in [-0.39, 0.29) is 5.56 Å². The van der Waals surface area contributed by atoms with Crippen LogP contribution in [0.1, 0.15) is 44.0 Å². The zero-order valence-corrected chi connectivity index (χ0v) is 12.3. The summed E-state index contributed by atoms with van der Waals surface area (Å²) in [6.07, 6.45) is 6.17. The van der Waals surface area contributed by atoms with Crippen LogP contribution in [-0.2, 0) is 0 Å². The Labute approximate surface area is 120 Å². The largest absolute Gasteiger partial charge is 0.545 e. The van der Waals surface area contributed by atoms with Gasteiger partial charge in [0.15, 0.2) is 0 Å². The van der Waals surface area contributed by atoms with E-state index in [0.29, 0.717) is 12.4 Å². The number of benzene rings is 1. The number of carboxylic acid groups (broad SMARTS) is 1. The maximum atomic E-state index is 10.9. The van der Waals surface area contributed by atoms with Crippen LogP contribution in [0.2, 0.25) is 0 Å². The molecule has 0 aliphatic rings. The van der Waals surface area contributed by atoms with Crippen LogP contribution in [0.4, 0.5) is 0 Å². The topological polar surface area (TPSA) is 49.4 Å². The lowest BCUT2D eigenvalue weighted by molar-refractivity contribution is -0.255. The van der Waals surface area contributed by atoms with Gasteiger partial charge in [0.05, 0.1) is 5.97 Å². The summed E-state index contributed by atoms with van der Waals surface area (Å²) in [5, 5.41) is 10.9. The molecule has 20 heavy (non-hydrogen) atoms. The van der Waals surface area contributed by atoms with Gasteiger partial charge >= 0.3 is 0 Å². The number of carbonyl (C=O) groups excluding carboxylic acids is 1. The second-order valence-corrected chi connectivity index (χ2v) is 4.97. The first-order chi connectivity index (χ1) is 9.50. The fourth-order valence-electron chi connectivity index (χ4n) is 1.73. The molecule has 1 aromatic rings. The van der Waals surface area contributed by atoms with Gasteiger partial charge in [-0.15, -0.1) is 0 Å². The van der Waals surface area contributed by atoms with E-state index in [9.17, 15) is 9.90 Å². The number of allylic oxidation sites excluding steroid dienone is 3. The fourth-order valence-corrected chi connectivity index (χ4v) is 1.73. The summed E-state index contributed by atoms with van der Waals surface area (Å²) in [6.45, 7) is 6.58. The minimum absolute atomic E-state index is 0.0862. The van der Waals surface area contributed by atoms with E-state index in [4.69, 9.17) is 4.74 Å². The van der Waals surface area contributed by atoms with Crippen molar-refractivity contribution in [2.45, 2.75) is 33.6 Å². The van der Waals surface area contributed by atoms with Crippen LogP contribution in [0.25, 0.3) is 0 Å². The third-order valence-electron chi connectivity index (χ3n) is 2.87. The molecular weight excluding hydrogens is 252 g/mol. The Bertz CT molecular complexity index is 509. The van der Waals surface area contributed by atoms with Crippen molar-refractivity contribution in [3.05, 3.63) is 53.1 Å². The average molecular weight is 273 g/mol. The molecular formula is C17H21O3-. The Morgan fingerprint density at radius 1 is 1.20 bits per heavy atom. The third kappa shape index (κ3) is 5.74. The molecule has 0 aliphatic carbocycles. The van der Waals surface area contributed by atoms with Crippen LogP contribution in [0.5, 0.6) is 5.75 Å². The van der Waals surface area contributed by atoms with Crippen molar-refractivity contribution in [1.82, 2.24) is 0 Å². The summed E-state index contributed by atoms with van der Waals surface area (Å²) in [4.78, 5) is 10.9. The number of aromatic carboxylic acids is 1. The van der Waals surface area contributed by atoms with E-state index < -0.39 is 5.97 Å². The van der Waals surface area contributed by atoms with Gasteiger partial charge in [-0.2, -0.15) is 0 Å². The molecule has 0 fully saturated rings. The minimum Gasteiger partial charge on any atom is -0.545 e. The Hall–Kier alpha value is -2.03.